The van der Waals surface area contributed by atoms with E-state index in [2.05, 4.69) is 20.3 Å². The van der Waals surface area contributed by atoms with Gasteiger partial charge in [-0.2, -0.15) is 0 Å². The minimum atomic E-state index is -1.08. The number of aryl methyl sites for hydroxylation is 1. The number of carboxylic acid groups (broad SMARTS) is 1. The molecular weight excluding hydrogens is 220 g/mol. The highest BCUT2D eigenvalue weighted by Gasteiger charge is 2.08. The number of pyridine rings is 1. The van der Waals surface area contributed by atoms with E-state index >= 15 is 0 Å². The van der Waals surface area contributed by atoms with Crippen molar-refractivity contribution in [2.75, 3.05) is 5.32 Å². The van der Waals surface area contributed by atoms with Gasteiger partial charge in [0, 0.05) is 23.8 Å². The van der Waals surface area contributed by atoms with Gasteiger partial charge in [0.05, 0.1) is 0 Å². The van der Waals surface area contributed by atoms with E-state index in [1.54, 1.807) is 31.5 Å². The van der Waals surface area contributed by atoms with Crippen LogP contribution in [-0.4, -0.2) is 26.0 Å². The average Bonchev–Trinajstić information content (AvgIpc) is 2.29. The maximum atomic E-state index is 10.8. The molecule has 2 N–H and O–H groups in total. The maximum absolute atomic E-state index is 10.8. The number of hydrogen-bond donors (Lipinski definition) is 2. The topological polar surface area (TPSA) is 88.0 Å². The van der Waals surface area contributed by atoms with Crippen LogP contribution in [0.5, 0.6) is 0 Å². The predicted molar refractivity (Wildman–Crippen MR) is 61.2 cm³/mol. The highest BCUT2D eigenvalue weighted by Crippen LogP contribution is 2.12. The lowest BCUT2D eigenvalue weighted by molar-refractivity contribution is 0.0690. The van der Waals surface area contributed by atoms with Crippen LogP contribution in [0.25, 0.3) is 0 Å². The van der Waals surface area contributed by atoms with Crippen molar-refractivity contribution in [3.8, 4) is 0 Å². The Balaban J connectivity index is 2.30. The SMILES string of the molecule is Cc1cc(C(=O)O)nc(Nc2ccncc2)n1. The lowest BCUT2D eigenvalue weighted by Crippen LogP contribution is -2.06. The summed E-state index contributed by atoms with van der Waals surface area (Å²) in [6.07, 6.45) is 3.24. The molecular formula is C11H10N4O2. The maximum Gasteiger partial charge on any atom is 0.354 e. The van der Waals surface area contributed by atoms with Gasteiger partial charge in [-0.05, 0) is 25.1 Å². The van der Waals surface area contributed by atoms with Gasteiger partial charge in [0.2, 0.25) is 5.95 Å². The Morgan fingerprint density at radius 3 is 2.65 bits per heavy atom. The number of aromatic nitrogens is 3. The van der Waals surface area contributed by atoms with Crippen LogP contribution < -0.4 is 5.32 Å². The molecule has 0 amide bonds. The van der Waals surface area contributed by atoms with E-state index in [1.807, 2.05) is 0 Å². The largest absolute Gasteiger partial charge is 0.477 e. The van der Waals surface area contributed by atoms with Gasteiger partial charge in [-0.3, -0.25) is 4.98 Å². The summed E-state index contributed by atoms with van der Waals surface area (Å²) in [5.74, 6) is -0.818. The summed E-state index contributed by atoms with van der Waals surface area (Å²) in [6.45, 7) is 1.71. The van der Waals surface area contributed by atoms with E-state index < -0.39 is 5.97 Å². The molecule has 0 bridgehead atoms. The summed E-state index contributed by atoms with van der Waals surface area (Å²) in [7, 11) is 0. The molecule has 17 heavy (non-hydrogen) atoms. The Bertz CT molecular complexity index is 542. The van der Waals surface area contributed by atoms with E-state index in [0.29, 0.717) is 5.69 Å². The monoisotopic (exact) mass is 230 g/mol. The van der Waals surface area contributed by atoms with E-state index in [4.69, 9.17) is 5.11 Å². The molecule has 0 unspecified atom stereocenters. The fourth-order valence-electron chi connectivity index (χ4n) is 1.30. The third kappa shape index (κ3) is 2.75. The summed E-state index contributed by atoms with van der Waals surface area (Å²) in [6, 6.07) is 4.90. The van der Waals surface area contributed by atoms with Crippen LogP contribution >= 0.6 is 0 Å². The summed E-state index contributed by atoms with van der Waals surface area (Å²) < 4.78 is 0. The van der Waals surface area contributed by atoms with Crippen LogP contribution in [0, 0.1) is 6.92 Å². The number of anilines is 2. The first-order valence-electron chi connectivity index (χ1n) is 4.91. The van der Waals surface area contributed by atoms with Crippen LogP contribution in [0.15, 0.2) is 30.6 Å². The molecule has 0 aliphatic carbocycles. The van der Waals surface area contributed by atoms with Crippen molar-refractivity contribution in [2.45, 2.75) is 6.92 Å². The number of aromatic carboxylic acids is 1. The van der Waals surface area contributed by atoms with Crippen molar-refractivity contribution in [1.29, 1.82) is 0 Å². The van der Waals surface area contributed by atoms with E-state index in [0.717, 1.165) is 5.69 Å². The molecule has 0 fully saturated rings. The van der Waals surface area contributed by atoms with Gasteiger partial charge >= 0.3 is 5.97 Å². The molecule has 0 saturated heterocycles. The first-order valence-corrected chi connectivity index (χ1v) is 4.91. The van der Waals surface area contributed by atoms with Crippen molar-refractivity contribution < 1.29 is 9.90 Å². The van der Waals surface area contributed by atoms with E-state index in [9.17, 15) is 4.79 Å². The van der Waals surface area contributed by atoms with Gasteiger partial charge in [0.15, 0.2) is 5.69 Å². The Morgan fingerprint density at radius 2 is 2.00 bits per heavy atom. The molecule has 86 valence electrons. The molecule has 0 spiro atoms. The first-order chi connectivity index (χ1) is 8.15. The fraction of sp³-hybridized carbons (Fsp3) is 0.0909. The number of nitrogens with one attached hydrogen (secondary N) is 1. The molecule has 2 rings (SSSR count). The second-order valence-electron chi connectivity index (χ2n) is 3.38. The Hall–Kier alpha value is -2.50. The number of hydrogen-bond acceptors (Lipinski definition) is 5. The quantitative estimate of drug-likeness (QED) is 0.833. The third-order valence-electron chi connectivity index (χ3n) is 2.01. The molecule has 0 radical (unpaired) electrons. The molecule has 2 aromatic rings. The molecule has 0 aromatic carbocycles. The van der Waals surface area contributed by atoms with Gasteiger partial charge in [-0.25, -0.2) is 14.8 Å². The molecule has 0 aliphatic heterocycles. The minimum Gasteiger partial charge on any atom is -0.477 e. The zero-order chi connectivity index (χ0) is 12.3. The lowest BCUT2D eigenvalue weighted by Gasteiger charge is -2.05. The second-order valence-corrected chi connectivity index (χ2v) is 3.38. The van der Waals surface area contributed by atoms with Gasteiger partial charge in [0.25, 0.3) is 0 Å². The van der Waals surface area contributed by atoms with Crippen molar-refractivity contribution in [2.24, 2.45) is 0 Å². The first kappa shape index (κ1) is 11.0. The van der Waals surface area contributed by atoms with Crippen molar-refractivity contribution in [3.63, 3.8) is 0 Å². The number of nitrogens with zero attached hydrogens (tertiary/aromatic N) is 3. The summed E-state index contributed by atoms with van der Waals surface area (Å²) in [5.41, 5.74) is 1.31. The average molecular weight is 230 g/mol. The summed E-state index contributed by atoms with van der Waals surface area (Å²) in [4.78, 5) is 22.7. The molecule has 6 nitrogen and oxygen atoms in total. The molecule has 0 atom stereocenters. The highest BCUT2D eigenvalue weighted by atomic mass is 16.4. The summed E-state index contributed by atoms with van der Waals surface area (Å²) in [5, 5.41) is 11.8. The lowest BCUT2D eigenvalue weighted by atomic mass is 10.3. The van der Waals surface area contributed by atoms with Crippen molar-refractivity contribution in [3.05, 3.63) is 42.0 Å². The Labute approximate surface area is 97.4 Å². The molecule has 0 saturated carbocycles. The highest BCUT2D eigenvalue weighted by molar-refractivity contribution is 5.85. The fourth-order valence-corrected chi connectivity index (χ4v) is 1.30. The van der Waals surface area contributed by atoms with Crippen LogP contribution in [0.1, 0.15) is 16.2 Å². The standard InChI is InChI=1S/C11H10N4O2/c1-7-6-9(10(16)17)15-11(13-7)14-8-2-4-12-5-3-8/h2-6H,1H3,(H,16,17)(H,12,13,14,15). The van der Waals surface area contributed by atoms with Crippen molar-refractivity contribution in [1.82, 2.24) is 15.0 Å². The minimum absolute atomic E-state index is 0.0333. The van der Waals surface area contributed by atoms with Crippen LogP contribution in [-0.2, 0) is 0 Å². The zero-order valence-electron chi connectivity index (χ0n) is 9.08. The number of carbonyl (C=O) groups is 1. The van der Waals surface area contributed by atoms with E-state index in [1.165, 1.54) is 6.07 Å². The molecule has 6 heteroatoms. The predicted octanol–water partition coefficient (Wildman–Crippen LogP) is 1.62. The van der Waals surface area contributed by atoms with E-state index in [-0.39, 0.29) is 11.6 Å². The Kier molecular flexibility index (Phi) is 2.95. The molecule has 2 heterocycles. The normalized spacial score (nSPS) is 9.94. The molecule has 0 aliphatic rings. The smallest absolute Gasteiger partial charge is 0.354 e. The van der Waals surface area contributed by atoms with Gasteiger partial charge in [-0.15, -0.1) is 0 Å². The summed E-state index contributed by atoms with van der Waals surface area (Å²) >= 11 is 0. The zero-order valence-corrected chi connectivity index (χ0v) is 9.08. The van der Waals surface area contributed by atoms with Gasteiger partial charge in [0.1, 0.15) is 0 Å². The van der Waals surface area contributed by atoms with Gasteiger partial charge in [-0.1, -0.05) is 0 Å². The number of rotatable bonds is 3. The molecule has 2 aromatic heterocycles. The Morgan fingerprint density at radius 1 is 1.29 bits per heavy atom. The third-order valence-corrected chi connectivity index (χ3v) is 2.01. The second kappa shape index (κ2) is 4.56. The van der Waals surface area contributed by atoms with Crippen molar-refractivity contribution >= 4 is 17.6 Å². The van der Waals surface area contributed by atoms with Gasteiger partial charge < -0.3 is 10.4 Å². The van der Waals surface area contributed by atoms with Crippen LogP contribution in [0.3, 0.4) is 0 Å². The number of carboxylic acids is 1. The van der Waals surface area contributed by atoms with Crippen LogP contribution in [0.4, 0.5) is 11.6 Å². The van der Waals surface area contributed by atoms with Crippen LogP contribution in [0.2, 0.25) is 0 Å².